The lowest BCUT2D eigenvalue weighted by Gasteiger charge is -2.18. The fourth-order valence-electron chi connectivity index (χ4n) is 10.9. The van der Waals surface area contributed by atoms with Gasteiger partial charge >= 0.3 is 17.9 Å². The highest BCUT2D eigenvalue weighted by molar-refractivity contribution is 5.71. The Morgan fingerprint density at radius 1 is 0.213 bits per heavy atom. The first-order chi connectivity index (χ1) is 37.0. The number of ether oxygens (including phenoxy) is 3. The number of carbonyl (C=O) groups is 3. The predicted molar refractivity (Wildman–Crippen MR) is 326 cm³/mol. The molecule has 0 heterocycles. The van der Waals surface area contributed by atoms with Crippen LogP contribution in [0.25, 0.3) is 0 Å². The van der Waals surface area contributed by atoms with E-state index in [2.05, 4.69) is 20.8 Å². The molecule has 0 spiro atoms. The van der Waals surface area contributed by atoms with Crippen LogP contribution in [-0.2, 0) is 28.6 Å². The van der Waals surface area contributed by atoms with Gasteiger partial charge in [0, 0.05) is 19.3 Å². The van der Waals surface area contributed by atoms with E-state index in [1.54, 1.807) is 0 Å². The summed E-state index contributed by atoms with van der Waals surface area (Å²) < 4.78 is 16.9. The largest absolute Gasteiger partial charge is 0.462 e. The Kier molecular flexibility index (Phi) is 63.6. The molecule has 0 saturated carbocycles. The highest BCUT2D eigenvalue weighted by atomic mass is 16.6. The zero-order valence-corrected chi connectivity index (χ0v) is 51.4. The molecule has 0 bridgehead atoms. The van der Waals surface area contributed by atoms with E-state index in [1.807, 2.05) is 0 Å². The molecule has 0 rings (SSSR count). The van der Waals surface area contributed by atoms with Gasteiger partial charge in [-0.15, -0.1) is 0 Å². The maximum Gasteiger partial charge on any atom is 0.306 e. The van der Waals surface area contributed by atoms with Gasteiger partial charge in [0.25, 0.3) is 0 Å². The summed E-state index contributed by atoms with van der Waals surface area (Å²) in [4.78, 5) is 38.1. The Hall–Kier alpha value is -1.59. The molecule has 0 aliphatic carbocycles. The first-order valence-corrected chi connectivity index (χ1v) is 34.5. The molecular weight excluding hydrogens is 925 g/mol. The van der Waals surface area contributed by atoms with Gasteiger partial charge in [0.2, 0.25) is 0 Å². The number of hydrogen-bond donors (Lipinski definition) is 0. The first kappa shape index (κ1) is 73.4. The van der Waals surface area contributed by atoms with Gasteiger partial charge in [-0.3, -0.25) is 14.4 Å². The van der Waals surface area contributed by atoms with Gasteiger partial charge in [-0.2, -0.15) is 0 Å². The zero-order chi connectivity index (χ0) is 54.3. The monoisotopic (exact) mass is 1060 g/mol. The molecular formula is C69H134O6. The molecule has 0 aromatic carbocycles. The third-order valence-electron chi connectivity index (χ3n) is 16.1. The van der Waals surface area contributed by atoms with Crippen molar-refractivity contribution in [3.8, 4) is 0 Å². The number of esters is 3. The Labute approximate surface area is 469 Å². The third kappa shape index (κ3) is 63.1. The van der Waals surface area contributed by atoms with Crippen LogP contribution < -0.4 is 0 Å². The van der Waals surface area contributed by atoms with Crippen LogP contribution in [0.3, 0.4) is 0 Å². The van der Waals surface area contributed by atoms with E-state index in [4.69, 9.17) is 14.2 Å². The maximum absolute atomic E-state index is 12.8. The molecule has 0 amide bonds. The fraction of sp³-hybridized carbons (Fsp3) is 0.957. The molecule has 6 nitrogen and oxygen atoms in total. The van der Waals surface area contributed by atoms with Gasteiger partial charge in [-0.1, -0.05) is 367 Å². The summed E-state index contributed by atoms with van der Waals surface area (Å²) in [7, 11) is 0. The standard InChI is InChI=1S/C69H134O6/c1-4-7-10-13-16-19-21-23-25-26-27-28-29-30-31-32-33-34-35-36-37-38-39-40-41-42-43-45-46-48-50-53-56-59-62-68(71)74-65-66(64-73-67(70)61-58-55-52-18-15-12-9-6-3)75-69(72)63-60-57-54-51-49-47-44-24-22-20-17-14-11-8-5-2/h66H,4-65H2,1-3H3. The molecule has 446 valence electrons. The highest BCUT2D eigenvalue weighted by Gasteiger charge is 2.19. The van der Waals surface area contributed by atoms with Gasteiger partial charge in [0.15, 0.2) is 6.10 Å². The number of unbranched alkanes of at least 4 members (excludes halogenated alkanes) is 54. The van der Waals surface area contributed by atoms with Crippen LogP contribution in [0.1, 0.15) is 406 Å². The lowest BCUT2D eigenvalue weighted by molar-refractivity contribution is -0.167. The normalized spacial score (nSPS) is 11.9. The topological polar surface area (TPSA) is 78.9 Å². The molecule has 0 fully saturated rings. The van der Waals surface area contributed by atoms with Crippen LogP contribution in [0.2, 0.25) is 0 Å². The van der Waals surface area contributed by atoms with Crippen molar-refractivity contribution in [2.75, 3.05) is 13.2 Å². The quantitative estimate of drug-likeness (QED) is 0.0343. The number of carbonyl (C=O) groups excluding carboxylic acids is 3. The van der Waals surface area contributed by atoms with Crippen molar-refractivity contribution < 1.29 is 28.6 Å². The van der Waals surface area contributed by atoms with E-state index in [-0.39, 0.29) is 31.1 Å². The van der Waals surface area contributed by atoms with Crippen molar-refractivity contribution in [3.05, 3.63) is 0 Å². The Bertz CT molecular complexity index is 1120. The second kappa shape index (κ2) is 64.9. The van der Waals surface area contributed by atoms with E-state index >= 15 is 0 Å². The smallest absolute Gasteiger partial charge is 0.306 e. The lowest BCUT2D eigenvalue weighted by atomic mass is 10.0. The SMILES string of the molecule is CCCCCCCCCCCCCCCCCCCCCCCCCCCCCCCCCCCCC(=O)OCC(COC(=O)CCCCCCCCCC)OC(=O)CCCCCCCCCCCCCCCCC. The summed E-state index contributed by atoms with van der Waals surface area (Å²) in [5, 5.41) is 0. The molecule has 0 radical (unpaired) electrons. The van der Waals surface area contributed by atoms with Crippen molar-refractivity contribution in [1.29, 1.82) is 0 Å². The van der Waals surface area contributed by atoms with Crippen LogP contribution in [0, 0.1) is 0 Å². The minimum Gasteiger partial charge on any atom is -0.462 e. The summed E-state index contributed by atoms with van der Waals surface area (Å²) >= 11 is 0. The summed E-state index contributed by atoms with van der Waals surface area (Å²) in [6.07, 6.45) is 76.0. The molecule has 1 unspecified atom stereocenters. The highest BCUT2D eigenvalue weighted by Crippen LogP contribution is 2.19. The second-order valence-electron chi connectivity index (χ2n) is 23.8. The van der Waals surface area contributed by atoms with Crippen molar-refractivity contribution in [1.82, 2.24) is 0 Å². The molecule has 0 aliphatic rings. The second-order valence-corrected chi connectivity index (χ2v) is 23.8. The third-order valence-corrected chi connectivity index (χ3v) is 16.1. The van der Waals surface area contributed by atoms with Gasteiger partial charge in [-0.05, 0) is 19.3 Å². The summed E-state index contributed by atoms with van der Waals surface area (Å²) in [6, 6.07) is 0. The van der Waals surface area contributed by atoms with Gasteiger partial charge in [0.1, 0.15) is 13.2 Å². The first-order valence-electron chi connectivity index (χ1n) is 34.5. The minimum absolute atomic E-state index is 0.0614. The van der Waals surface area contributed by atoms with E-state index in [0.717, 1.165) is 57.8 Å². The van der Waals surface area contributed by atoms with Crippen molar-refractivity contribution in [3.63, 3.8) is 0 Å². The van der Waals surface area contributed by atoms with Crippen LogP contribution in [0.4, 0.5) is 0 Å². The molecule has 6 heteroatoms. The molecule has 0 aromatic heterocycles. The van der Waals surface area contributed by atoms with E-state index in [9.17, 15) is 14.4 Å². The average Bonchev–Trinajstić information content (AvgIpc) is 3.41. The minimum atomic E-state index is -0.761. The Morgan fingerprint density at radius 2 is 0.360 bits per heavy atom. The van der Waals surface area contributed by atoms with E-state index < -0.39 is 6.10 Å². The average molecular weight is 1060 g/mol. The van der Waals surface area contributed by atoms with Crippen molar-refractivity contribution in [2.45, 2.75) is 412 Å². The van der Waals surface area contributed by atoms with Crippen molar-refractivity contribution in [2.24, 2.45) is 0 Å². The number of rotatable bonds is 65. The summed E-state index contributed by atoms with van der Waals surface area (Å²) in [5.41, 5.74) is 0. The fourth-order valence-corrected chi connectivity index (χ4v) is 10.9. The zero-order valence-electron chi connectivity index (χ0n) is 51.4. The van der Waals surface area contributed by atoms with Crippen LogP contribution in [0.5, 0.6) is 0 Å². The molecule has 0 aromatic rings. The molecule has 0 aliphatic heterocycles. The molecule has 0 saturated heterocycles. The van der Waals surface area contributed by atoms with Crippen LogP contribution in [-0.4, -0.2) is 37.2 Å². The lowest BCUT2D eigenvalue weighted by Crippen LogP contribution is -2.30. The van der Waals surface area contributed by atoms with E-state index in [1.165, 1.54) is 308 Å². The molecule has 0 N–H and O–H groups in total. The predicted octanol–water partition coefficient (Wildman–Crippen LogP) is 23.5. The Morgan fingerprint density at radius 3 is 0.533 bits per heavy atom. The van der Waals surface area contributed by atoms with Crippen LogP contribution in [0.15, 0.2) is 0 Å². The van der Waals surface area contributed by atoms with Crippen molar-refractivity contribution >= 4 is 17.9 Å². The van der Waals surface area contributed by atoms with Gasteiger partial charge in [-0.25, -0.2) is 0 Å². The summed E-state index contributed by atoms with van der Waals surface area (Å²) in [5.74, 6) is -0.835. The maximum atomic E-state index is 12.8. The summed E-state index contributed by atoms with van der Waals surface area (Å²) in [6.45, 7) is 6.69. The van der Waals surface area contributed by atoms with Crippen LogP contribution >= 0.6 is 0 Å². The van der Waals surface area contributed by atoms with Gasteiger partial charge in [0.05, 0.1) is 0 Å². The Balaban J connectivity index is 3.90. The molecule has 75 heavy (non-hydrogen) atoms. The van der Waals surface area contributed by atoms with E-state index in [0.29, 0.717) is 19.3 Å². The molecule has 1 atom stereocenters. The number of hydrogen-bond acceptors (Lipinski definition) is 6. The van der Waals surface area contributed by atoms with Gasteiger partial charge < -0.3 is 14.2 Å².